The van der Waals surface area contributed by atoms with Gasteiger partial charge in [-0.25, -0.2) is 4.98 Å². The maximum atomic E-state index is 11.5. The van der Waals surface area contributed by atoms with Gasteiger partial charge in [0.1, 0.15) is 0 Å². The van der Waals surface area contributed by atoms with E-state index in [1.165, 1.54) is 11.3 Å². The van der Waals surface area contributed by atoms with Crippen LogP contribution in [0.2, 0.25) is 10.0 Å². The molecule has 1 aromatic heterocycles. The van der Waals surface area contributed by atoms with Gasteiger partial charge < -0.3 is 5.32 Å². The van der Waals surface area contributed by atoms with Crippen LogP contribution in [0.1, 0.15) is 30.2 Å². The molecule has 20 heavy (non-hydrogen) atoms. The summed E-state index contributed by atoms with van der Waals surface area (Å²) in [6.45, 7) is 1.97. The molecule has 0 aliphatic heterocycles. The summed E-state index contributed by atoms with van der Waals surface area (Å²) in [7, 11) is 0. The van der Waals surface area contributed by atoms with E-state index in [9.17, 15) is 4.79 Å². The molecule has 0 bridgehead atoms. The van der Waals surface area contributed by atoms with Gasteiger partial charge in [-0.2, -0.15) is 0 Å². The van der Waals surface area contributed by atoms with Gasteiger partial charge in [-0.1, -0.05) is 36.2 Å². The SMILES string of the molecule is CCCC(=O)Nc1ncc(Cc2ccc(Cl)c(Cl)c2)s1. The molecule has 0 spiro atoms. The number of thiazole rings is 1. The highest BCUT2D eigenvalue weighted by molar-refractivity contribution is 7.15. The van der Waals surface area contributed by atoms with Crippen molar-refractivity contribution >= 4 is 45.6 Å². The number of carbonyl (C=O) groups is 1. The molecule has 6 heteroatoms. The molecule has 0 radical (unpaired) electrons. The van der Waals surface area contributed by atoms with Gasteiger partial charge >= 0.3 is 0 Å². The second-order valence-corrected chi connectivity index (χ2v) is 6.28. The maximum absolute atomic E-state index is 11.5. The van der Waals surface area contributed by atoms with Gasteiger partial charge in [0, 0.05) is 23.9 Å². The molecule has 1 N–H and O–H groups in total. The van der Waals surface area contributed by atoms with Crippen LogP contribution in [0.5, 0.6) is 0 Å². The van der Waals surface area contributed by atoms with Crippen LogP contribution < -0.4 is 5.32 Å². The Morgan fingerprint density at radius 1 is 1.35 bits per heavy atom. The topological polar surface area (TPSA) is 42.0 Å². The summed E-state index contributed by atoms with van der Waals surface area (Å²) in [5.41, 5.74) is 1.06. The van der Waals surface area contributed by atoms with Crippen molar-refractivity contribution in [2.75, 3.05) is 5.32 Å². The molecule has 0 saturated heterocycles. The summed E-state index contributed by atoms with van der Waals surface area (Å²) in [5.74, 6) is 0.00272. The second-order valence-electron chi connectivity index (χ2n) is 4.36. The predicted octanol–water partition coefficient (Wildman–Crippen LogP) is 4.78. The quantitative estimate of drug-likeness (QED) is 0.858. The second kappa shape index (κ2) is 7.07. The minimum Gasteiger partial charge on any atom is -0.302 e. The number of anilines is 1. The van der Waals surface area contributed by atoms with Gasteiger partial charge in [0.05, 0.1) is 10.0 Å². The van der Waals surface area contributed by atoms with Crippen LogP contribution in [0.3, 0.4) is 0 Å². The monoisotopic (exact) mass is 328 g/mol. The first-order valence-corrected chi connectivity index (χ1v) is 7.84. The minimum atomic E-state index is 0.00272. The third-order valence-corrected chi connectivity index (χ3v) is 4.29. The zero-order valence-corrected chi connectivity index (χ0v) is 13.3. The molecule has 0 aliphatic carbocycles. The van der Waals surface area contributed by atoms with Crippen molar-refractivity contribution in [3.63, 3.8) is 0 Å². The van der Waals surface area contributed by atoms with Crippen LogP contribution in [0.25, 0.3) is 0 Å². The highest BCUT2D eigenvalue weighted by atomic mass is 35.5. The Kier molecular flexibility index (Phi) is 5.40. The number of amides is 1. The molecule has 0 saturated carbocycles. The molecule has 0 fully saturated rings. The minimum absolute atomic E-state index is 0.00272. The summed E-state index contributed by atoms with van der Waals surface area (Å²) in [6.07, 6.45) is 3.84. The lowest BCUT2D eigenvalue weighted by atomic mass is 10.1. The van der Waals surface area contributed by atoms with E-state index in [0.29, 0.717) is 21.6 Å². The van der Waals surface area contributed by atoms with Crippen molar-refractivity contribution in [3.8, 4) is 0 Å². The highest BCUT2D eigenvalue weighted by Crippen LogP contribution is 2.26. The summed E-state index contributed by atoms with van der Waals surface area (Å²) < 4.78 is 0. The third kappa shape index (κ3) is 4.20. The van der Waals surface area contributed by atoms with E-state index in [1.54, 1.807) is 12.3 Å². The first-order valence-electron chi connectivity index (χ1n) is 6.27. The van der Waals surface area contributed by atoms with E-state index in [4.69, 9.17) is 23.2 Å². The Morgan fingerprint density at radius 3 is 2.85 bits per heavy atom. The Balaban J connectivity index is 2.02. The first-order chi connectivity index (χ1) is 9.58. The molecule has 1 aromatic carbocycles. The van der Waals surface area contributed by atoms with E-state index >= 15 is 0 Å². The number of benzene rings is 1. The molecule has 0 atom stereocenters. The lowest BCUT2D eigenvalue weighted by molar-refractivity contribution is -0.116. The smallest absolute Gasteiger partial charge is 0.226 e. The number of nitrogens with one attached hydrogen (secondary N) is 1. The van der Waals surface area contributed by atoms with Gasteiger partial charge in [-0.05, 0) is 24.1 Å². The van der Waals surface area contributed by atoms with Gasteiger partial charge in [0.25, 0.3) is 0 Å². The number of rotatable bonds is 5. The highest BCUT2D eigenvalue weighted by Gasteiger charge is 2.07. The molecular formula is C14H14Cl2N2OS. The average molecular weight is 329 g/mol. The fourth-order valence-electron chi connectivity index (χ4n) is 1.71. The Hall–Kier alpha value is -1.10. The molecule has 106 valence electrons. The van der Waals surface area contributed by atoms with E-state index in [2.05, 4.69) is 10.3 Å². The number of carbonyl (C=O) groups excluding carboxylic acids is 1. The van der Waals surface area contributed by atoms with Crippen LogP contribution in [0.4, 0.5) is 5.13 Å². The molecule has 0 unspecified atom stereocenters. The molecular weight excluding hydrogens is 315 g/mol. The van der Waals surface area contributed by atoms with Crippen LogP contribution in [0.15, 0.2) is 24.4 Å². The van der Waals surface area contributed by atoms with Crippen molar-refractivity contribution < 1.29 is 4.79 Å². The van der Waals surface area contributed by atoms with Gasteiger partial charge in [0.2, 0.25) is 5.91 Å². The number of hydrogen-bond acceptors (Lipinski definition) is 3. The van der Waals surface area contributed by atoms with Crippen molar-refractivity contribution in [1.82, 2.24) is 4.98 Å². The van der Waals surface area contributed by atoms with E-state index in [-0.39, 0.29) is 5.91 Å². The molecule has 0 aliphatic rings. The lowest BCUT2D eigenvalue weighted by Gasteiger charge is -2.01. The fourth-order valence-corrected chi connectivity index (χ4v) is 2.89. The standard InChI is InChI=1S/C14H14Cl2N2OS/c1-2-3-13(19)18-14-17-8-10(20-14)6-9-4-5-11(15)12(16)7-9/h4-5,7-8H,2-3,6H2,1H3,(H,17,18,19). The van der Waals surface area contributed by atoms with Crippen molar-refractivity contribution in [2.45, 2.75) is 26.2 Å². The maximum Gasteiger partial charge on any atom is 0.226 e. The van der Waals surface area contributed by atoms with Crippen LogP contribution in [-0.4, -0.2) is 10.9 Å². The number of nitrogens with zero attached hydrogens (tertiary/aromatic N) is 1. The normalized spacial score (nSPS) is 10.6. The van der Waals surface area contributed by atoms with Crippen molar-refractivity contribution in [3.05, 3.63) is 44.9 Å². The third-order valence-electron chi connectivity index (χ3n) is 2.64. The molecule has 1 heterocycles. The number of halogens is 2. The van der Waals surface area contributed by atoms with Gasteiger partial charge in [0.15, 0.2) is 5.13 Å². The zero-order chi connectivity index (χ0) is 14.5. The first kappa shape index (κ1) is 15.3. The van der Waals surface area contributed by atoms with Crippen molar-refractivity contribution in [2.24, 2.45) is 0 Å². The van der Waals surface area contributed by atoms with Crippen LogP contribution >= 0.6 is 34.5 Å². The van der Waals surface area contributed by atoms with E-state index < -0.39 is 0 Å². The summed E-state index contributed by atoms with van der Waals surface area (Å²) in [6, 6.07) is 5.56. The predicted molar refractivity (Wildman–Crippen MR) is 84.9 cm³/mol. The zero-order valence-electron chi connectivity index (χ0n) is 11.0. The van der Waals surface area contributed by atoms with Crippen LogP contribution in [0, 0.1) is 0 Å². The average Bonchev–Trinajstić information content (AvgIpc) is 2.81. The molecule has 2 rings (SSSR count). The lowest BCUT2D eigenvalue weighted by Crippen LogP contribution is -2.09. The fraction of sp³-hybridized carbons (Fsp3) is 0.286. The Bertz CT molecular complexity index is 613. The van der Waals surface area contributed by atoms with Gasteiger partial charge in [-0.3, -0.25) is 4.79 Å². The molecule has 3 nitrogen and oxygen atoms in total. The number of hydrogen-bond donors (Lipinski definition) is 1. The summed E-state index contributed by atoms with van der Waals surface area (Å²) >= 11 is 13.3. The molecule has 1 amide bonds. The Labute approximate surface area is 131 Å². The van der Waals surface area contributed by atoms with Gasteiger partial charge in [-0.15, -0.1) is 11.3 Å². The van der Waals surface area contributed by atoms with E-state index in [1.807, 2.05) is 19.1 Å². The number of aromatic nitrogens is 1. The van der Waals surface area contributed by atoms with Crippen LogP contribution in [-0.2, 0) is 11.2 Å². The largest absolute Gasteiger partial charge is 0.302 e. The Morgan fingerprint density at radius 2 is 2.15 bits per heavy atom. The van der Waals surface area contributed by atoms with E-state index in [0.717, 1.165) is 23.3 Å². The van der Waals surface area contributed by atoms with Crippen molar-refractivity contribution in [1.29, 1.82) is 0 Å². The summed E-state index contributed by atoms with van der Waals surface area (Å²) in [4.78, 5) is 16.8. The molecule has 2 aromatic rings. The summed E-state index contributed by atoms with van der Waals surface area (Å²) in [5, 5.41) is 4.52.